The third kappa shape index (κ3) is 8.57. The Kier molecular flexibility index (Phi) is 18.1. The van der Waals surface area contributed by atoms with Gasteiger partial charge in [0.1, 0.15) is 12.2 Å². The second kappa shape index (κ2) is 20.7. The second-order valence-electron chi connectivity index (χ2n) is 21.3. The van der Waals surface area contributed by atoms with Crippen molar-refractivity contribution in [2.45, 2.75) is 138 Å². The topological polar surface area (TPSA) is 222 Å². The summed E-state index contributed by atoms with van der Waals surface area (Å²) in [5, 5.41) is 57.3. The Morgan fingerprint density at radius 1 is 0.716 bits per heavy atom. The van der Waals surface area contributed by atoms with E-state index in [1.54, 1.807) is 72.8 Å². The molecule has 17 heteroatoms. The molecule has 8 aliphatic carbocycles. The standard InChI is InChI=1S/C25H34O6.C25H34O5.I2.HI.O2Se/c1-7-12(2)22(29)31-21-13(3)10-24-14(4)8-17-18(23(17,5)6)16(20(24)28)9-15(11-26)19(27)25(21,24)30;1-8-12(2)22(28)30-21-14(4)11-24-15(5)10-17-18(23(17,6)7)16(20(24)27)9-13(3)19(26)25(21,24)29;1-2;;1-3-2/h7,9-10,14,16-19,21,26-27,30H,8,11H2,1-6H3;8-9,11,15-19,21,26,29H,10H2,1-7H3;;1H;/b12-7-;12-8-;;;/t14-,16+,17-,18+,19-,21+,24+,25+;15-,16+,17-,18+,19-,21+,24+,25+;;;/m11.../s1. The van der Waals surface area contributed by atoms with E-state index in [0.29, 0.717) is 39.7 Å². The van der Waals surface area contributed by atoms with Crippen molar-refractivity contribution in [1.29, 1.82) is 0 Å². The molecule has 0 aromatic heterocycles. The quantitative estimate of drug-likeness (QED) is 0.0594. The number of halogens is 3. The van der Waals surface area contributed by atoms with Gasteiger partial charge in [0.05, 0.1) is 17.4 Å². The van der Waals surface area contributed by atoms with Gasteiger partial charge in [-0.15, -0.1) is 24.0 Å². The van der Waals surface area contributed by atoms with Crippen molar-refractivity contribution in [3.8, 4) is 0 Å². The van der Waals surface area contributed by atoms with Gasteiger partial charge >= 0.3 is 34.4 Å². The van der Waals surface area contributed by atoms with Gasteiger partial charge in [-0.25, -0.2) is 9.59 Å². The van der Waals surface area contributed by atoms with Gasteiger partial charge in [0.15, 0.2) is 35.0 Å². The minimum atomic E-state index is -2.08. The van der Waals surface area contributed by atoms with Crippen LogP contribution in [0.2, 0.25) is 0 Å². The van der Waals surface area contributed by atoms with E-state index in [0.717, 1.165) is 12.8 Å². The normalized spacial score (nSPS) is 42.3. The fourth-order valence-electron chi connectivity index (χ4n) is 13.8. The molecule has 4 bridgehead atoms. The number of ketones is 2. The van der Waals surface area contributed by atoms with Gasteiger partial charge in [-0.1, -0.05) is 78.0 Å². The Morgan fingerprint density at radius 3 is 1.40 bits per heavy atom. The number of carbonyl (C=O) groups excluding carboxylic acids is 4. The zero-order chi connectivity index (χ0) is 50.2. The van der Waals surface area contributed by atoms with Gasteiger partial charge < -0.3 is 35.0 Å². The van der Waals surface area contributed by atoms with Crippen LogP contribution < -0.4 is 0 Å². The number of carbonyl (C=O) groups is 4. The maximum absolute atomic E-state index is 14.2. The van der Waals surface area contributed by atoms with E-state index in [9.17, 15) is 44.7 Å². The van der Waals surface area contributed by atoms with Crippen LogP contribution in [0.15, 0.2) is 69.9 Å². The minimum absolute atomic E-state index is 0. The Bertz CT molecular complexity index is 2260. The zero-order valence-corrected chi connectivity index (χ0v) is 48.9. The van der Waals surface area contributed by atoms with Crippen LogP contribution in [0, 0.1) is 69.0 Å². The molecule has 374 valence electrons. The molecule has 0 radical (unpaired) electrons. The molecular formula is C50H69I3O13Se. The SMILES string of the molecule is C/C=C(/C)C(=O)O[C@H]1C(C)=C[C@]23C(=O)[C@@H](C=C(C)[C@@H](O)[C@]12O)[C@H]1[C@@H](C[C@H]3C)C1(C)C.C/C=C(/C)C(=O)O[C@H]1C(C)=C[C@]23C(=O)[C@@H](C=C(CO)[C@@H](O)[C@]12O)[C@H]1[C@@H](C[C@H]3C)C1(C)C.I.II.O=[Se]=O. The number of hydrogen-bond donors (Lipinski definition) is 5. The van der Waals surface area contributed by atoms with E-state index in [2.05, 4.69) is 64.9 Å². The molecule has 0 heterocycles. The first-order valence-electron chi connectivity index (χ1n) is 22.7. The molecule has 0 saturated heterocycles. The molecule has 5 N–H and O–H groups in total. The Morgan fingerprint density at radius 2 is 1.06 bits per heavy atom. The molecule has 0 aromatic rings. The molecule has 0 unspecified atom stereocenters. The van der Waals surface area contributed by atoms with Crippen LogP contribution in [0.25, 0.3) is 0 Å². The monoisotopic (exact) mass is 1340 g/mol. The number of esters is 2. The number of fused-ring (bicyclic) bond motifs is 6. The van der Waals surface area contributed by atoms with E-state index >= 15 is 0 Å². The Balaban J connectivity index is 0.000000264. The summed E-state index contributed by atoms with van der Waals surface area (Å²) in [7, 11) is 0. The van der Waals surface area contributed by atoms with E-state index in [-0.39, 0.29) is 81.5 Å². The number of allylic oxidation sites excluding steroid dienone is 4. The molecular weight excluding hydrogens is 1270 g/mol. The molecule has 16 atom stereocenters. The number of aliphatic hydroxyl groups excluding tert-OH is 3. The predicted molar refractivity (Wildman–Crippen MR) is 279 cm³/mol. The van der Waals surface area contributed by atoms with Crippen molar-refractivity contribution in [2.75, 3.05) is 6.61 Å². The van der Waals surface area contributed by atoms with Gasteiger partial charge in [0.2, 0.25) is 0 Å². The van der Waals surface area contributed by atoms with Gasteiger partial charge in [-0.05, 0) is 130 Å². The number of ether oxygens (including phenoxy) is 2. The third-order valence-corrected chi connectivity index (χ3v) is 17.7. The van der Waals surface area contributed by atoms with Crippen molar-refractivity contribution in [3.63, 3.8) is 0 Å². The predicted octanol–water partition coefficient (Wildman–Crippen LogP) is 7.46. The van der Waals surface area contributed by atoms with E-state index in [1.807, 2.05) is 26.0 Å². The summed E-state index contributed by atoms with van der Waals surface area (Å²) in [6, 6.07) is 0. The molecule has 2 spiro atoms. The van der Waals surface area contributed by atoms with Gasteiger partial charge in [0.25, 0.3) is 0 Å². The number of hydrogen-bond acceptors (Lipinski definition) is 13. The van der Waals surface area contributed by atoms with Crippen LogP contribution in [-0.4, -0.2) is 106 Å². The van der Waals surface area contributed by atoms with Crippen molar-refractivity contribution in [1.82, 2.24) is 0 Å². The average molecular weight is 1340 g/mol. The Labute approximate surface area is 441 Å². The van der Waals surface area contributed by atoms with E-state index in [1.165, 1.54) is 0 Å². The third-order valence-electron chi connectivity index (χ3n) is 17.7. The zero-order valence-electron chi connectivity index (χ0n) is 40.6. The van der Waals surface area contributed by atoms with Gasteiger partial charge in [-0.2, -0.15) is 0 Å². The molecule has 4 saturated carbocycles. The first-order chi connectivity index (χ1) is 30.7. The molecule has 8 rings (SSSR count). The number of rotatable bonds is 5. The molecule has 4 fully saturated rings. The molecule has 67 heavy (non-hydrogen) atoms. The van der Waals surface area contributed by atoms with E-state index in [4.69, 9.17) is 17.1 Å². The fraction of sp³-hybridized carbons (Fsp3) is 0.680. The van der Waals surface area contributed by atoms with Gasteiger partial charge in [0, 0.05) is 60.2 Å². The summed E-state index contributed by atoms with van der Waals surface area (Å²) in [4.78, 5) is 53.5. The maximum atomic E-state index is 14.2. The summed E-state index contributed by atoms with van der Waals surface area (Å²) in [5.41, 5.74) is -3.90. The Hall–Kier alpha value is -1.17. The molecule has 0 aliphatic heterocycles. The van der Waals surface area contributed by atoms with Crippen LogP contribution in [0.4, 0.5) is 0 Å². The first-order valence-corrected chi connectivity index (χ1v) is 30.4. The average Bonchev–Trinajstić information content (AvgIpc) is 3.98. The van der Waals surface area contributed by atoms with E-state index < -0.39 is 85.7 Å². The first kappa shape index (κ1) is 58.4. The van der Waals surface area contributed by atoms with Crippen molar-refractivity contribution in [2.24, 2.45) is 69.0 Å². The molecule has 13 nitrogen and oxygen atoms in total. The van der Waals surface area contributed by atoms with Crippen LogP contribution in [0.1, 0.15) is 103 Å². The number of aliphatic hydroxyl groups is 5. The van der Waals surface area contributed by atoms with Crippen LogP contribution in [0.5, 0.6) is 0 Å². The summed E-state index contributed by atoms with van der Waals surface area (Å²) in [5.74, 6) is -1.67. The summed E-state index contributed by atoms with van der Waals surface area (Å²) in [6.07, 6.45) is 6.78. The second-order valence-corrected chi connectivity index (χ2v) is 21.6. The molecule has 0 amide bonds. The summed E-state index contributed by atoms with van der Waals surface area (Å²) >= 11 is 2.62. The van der Waals surface area contributed by atoms with Crippen molar-refractivity contribution >= 4 is 99.5 Å². The summed E-state index contributed by atoms with van der Waals surface area (Å²) in [6.45, 7) is 24.2. The van der Waals surface area contributed by atoms with Crippen molar-refractivity contribution in [3.05, 3.63) is 69.9 Å². The number of Topliss-reactive ketones (excluding diaryl/α,β-unsaturated/α-hetero) is 2. The fourth-order valence-corrected chi connectivity index (χ4v) is 13.8. The van der Waals surface area contributed by atoms with Crippen molar-refractivity contribution < 1.29 is 61.9 Å². The van der Waals surface area contributed by atoms with Crippen LogP contribution in [0.3, 0.4) is 0 Å². The van der Waals surface area contributed by atoms with Crippen LogP contribution in [-0.2, 0) is 36.3 Å². The summed E-state index contributed by atoms with van der Waals surface area (Å²) < 4.78 is 28.4. The van der Waals surface area contributed by atoms with Crippen LogP contribution >= 0.6 is 61.2 Å². The van der Waals surface area contributed by atoms with Gasteiger partial charge in [-0.3, -0.25) is 9.59 Å². The molecule has 0 aromatic carbocycles. The molecule has 8 aliphatic rings.